The molecule has 0 aliphatic rings. The fraction of sp³-hybridized carbons (Fsp3) is 0.941. The van der Waals surface area contributed by atoms with E-state index in [9.17, 15) is 14.4 Å². The first-order valence-electron chi connectivity index (χ1n) is 25.2. The van der Waals surface area contributed by atoms with Gasteiger partial charge in [0.2, 0.25) is 0 Å². The lowest BCUT2D eigenvalue weighted by atomic mass is 10.0. The molecule has 0 aromatic carbocycles. The van der Waals surface area contributed by atoms with Gasteiger partial charge in [-0.3, -0.25) is 14.4 Å². The highest BCUT2D eigenvalue weighted by molar-refractivity contribution is 5.71. The first-order chi connectivity index (χ1) is 27.7. The number of unbranched alkanes of at least 4 members (excludes halogenated alkanes) is 30. The van der Waals surface area contributed by atoms with Crippen LogP contribution >= 0.6 is 0 Å². The summed E-state index contributed by atoms with van der Waals surface area (Å²) in [4.78, 5) is 37.8. The van der Waals surface area contributed by atoms with E-state index in [1.807, 2.05) is 0 Å². The van der Waals surface area contributed by atoms with E-state index in [1.165, 1.54) is 167 Å². The molecule has 0 saturated heterocycles. The van der Waals surface area contributed by atoms with Crippen molar-refractivity contribution in [2.75, 3.05) is 13.2 Å². The molecule has 1 atom stereocenters. The highest BCUT2D eigenvalue weighted by Gasteiger charge is 2.19. The smallest absolute Gasteiger partial charge is 0.306 e. The van der Waals surface area contributed by atoms with Crippen LogP contribution in [0.15, 0.2) is 0 Å². The lowest BCUT2D eigenvalue weighted by Gasteiger charge is -2.18. The van der Waals surface area contributed by atoms with Gasteiger partial charge in [0.1, 0.15) is 13.2 Å². The van der Waals surface area contributed by atoms with Gasteiger partial charge in [0, 0.05) is 19.3 Å². The third-order valence-electron chi connectivity index (χ3n) is 11.5. The zero-order chi connectivity index (χ0) is 41.9. The van der Waals surface area contributed by atoms with Crippen LogP contribution in [0.2, 0.25) is 0 Å². The van der Waals surface area contributed by atoms with Crippen LogP contribution < -0.4 is 0 Å². The molecule has 0 aromatic rings. The third-order valence-corrected chi connectivity index (χ3v) is 11.5. The monoisotopic (exact) mass is 807 g/mol. The Balaban J connectivity index is 4.26. The van der Waals surface area contributed by atoms with Gasteiger partial charge in [0.15, 0.2) is 6.10 Å². The van der Waals surface area contributed by atoms with Crippen molar-refractivity contribution in [1.82, 2.24) is 0 Å². The Labute approximate surface area is 355 Å². The Morgan fingerprint density at radius 1 is 0.333 bits per heavy atom. The minimum atomic E-state index is -0.762. The van der Waals surface area contributed by atoms with Gasteiger partial charge in [0.25, 0.3) is 0 Å². The SMILES string of the molecule is CCCCCCCCCCCCCCCCCCCCC(=O)O[C@@H](COC(=O)CCCCCCCCCCCC(C)C)COC(=O)CCCCCCCCC(C)C. The number of rotatable bonds is 45. The fourth-order valence-corrected chi connectivity index (χ4v) is 7.64. The predicted octanol–water partition coefficient (Wildman–Crippen LogP) is 16.1. The maximum absolute atomic E-state index is 12.8. The molecular formula is C51H98O6. The molecule has 0 radical (unpaired) electrons. The molecule has 0 amide bonds. The van der Waals surface area contributed by atoms with E-state index in [2.05, 4.69) is 34.6 Å². The molecule has 6 nitrogen and oxygen atoms in total. The summed E-state index contributed by atoms with van der Waals surface area (Å²) in [5.41, 5.74) is 0. The number of hydrogen-bond donors (Lipinski definition) is 0. The van der Waals surface area contributed by atoms with E-state index in [0.717, 1.165) is 69.6 Å². The Kier molecular flexibility index (Phi) is 42.7. The van der Waals surface area contributed by atoms with Gasteiger partial charge < -0.3 is 14.2 Å². The Bertz CT molecular complexity index is 870. The molecular weight excluding hydrogens is 709 g/mol. The standard InChI is InChI=1S/C51H98O6/c1-6-7-8-9-10-11-12-13-14-15-16-17-18-19-22-26-33-38-43-51(54)57-48(45-56-50(53)42-37-32-28-27-30-35-40-47(4)5)44-55-49(52)41-36-31-25-23-20-21-24-29-34-39-46(2)3/h46-48H,6-45H2,1-5H3/t48-/m0/s1. The van der Waals surface area contributed by atoms with E-state index >= 15 is 0 Å². The van der Waals surface area contributed by atoms with E-state index in [4.69, 9.17) is 14.2 Å². The molecule has 0 rings (SSSR count). The maximum atomic E-state index is 12.8. The molecule has 0 aliphatic carbocycles. The summed E-state index contributed by atoms with van der Waals surface area (Å²) < 4.78 is 16.8. The van der Waals surface area contributed by atoms with E-state index in [-0.39, 0.29) is 31.1 Å². The van der Waals surface area contributed by atoms with Gasteiger partial charge >= 0.3 is 17.9 Å². The van der Waals surface area contributed by atoms with Crippen LogP contribution in [0.3, 0.4) is 0 Å². The topological polar surface area (TPSA) is 78.9 Å². The Morgan fingerprint density at radius 3 is 0.860 bits per heavy atom. The van der Waals surface area contributed by atoms with Crippen molar-refractivity contribution in [2.45, 2.75) is 285 Å². The second-order valence-corrected chi connectivity index (χ2v) is 18.4. The Hall–Kier alpha value is -1.59. The van der Waals surface area contributed by atoms with E-state index < -0.39 is 6.10 Å². The van der Waals surface area contributed by atoms with Crippen molar-refractivity contribution < 1.29 is 28.6 Å². The van der Waals surface area contributed by atoms with Crippen LogP contribution in [0, 0.1) is 11.8 Å². The second kappa shape index (κ2) is 44.0. The van der Waals surface area contributed by atoms with Crippen molar-refractivity contribution in [2.24, 2.45) is 11.8 Å². The van der Waals surface area contributed by atoms with Crippen LogP contribution in [0.1, 0.15) is 279 Å². The minimum Gasteiger partial charge on any atom is -0.462 e. The van der Waals surface area contributed by atoms with Gasteiger partial charge in [-0.05, 0) is 31.1 Å². The minimum absolute atomic E-state index is 0.0653. The molecule has 6 heteroatoms. The van der Waals surface area contributed by atoms with Gasteiger partial charge in [-0.25, -0.2) is 0 Å². The van der Waals surface area contributed by atoms with Crippen LogP contribution in [0.25, 0.3) is 0 Å². The van der Waals surface area contributed by atoms with E-state index in [0.29, 0.717) is 19.3 Å². The molecule has 338 valence electrons. The van der Waals surface area contributed by atoms with Crippen molar-refractivity contribution in [3.63, 3.8) is 0 Å². The summed E-state index contributed by atoms with van der Waals surface area (Å²) in [6.07, 6.45) is 43.9. The summed E-state index contributed by atoms with van der Waals surface area (Å²) in [5, 5.41) is 0. The number of esters is 3. The van der Waals surface area contributed by atoms with Gasteiger partial charge in [-0.1, -0.05) is 240 Å². The third kappa shape index (κ3) is 45.3. The second-order valence-electron chi connectivity index (χ2n) is 18.4. The quantitative estimate of drug-likeness (QED) is 0.0346. The highest BCUT2D eigenvalue weighted by Crippen LogP contribution is 2.17. The van der Waals surface area contributed by atoms with Crippen molar-refractivity contribution in [3.8, 4) is 0 Å². The molecule has 0 bridgehead atoms. The average Bonchev–Trinajstić information content (AvgIpc) is 3.18. The molecule has 0 aliphatic heterocycles. The molecule has 0 N–H and O–H groups in total. The van der Waals surface area contributed by atoms with Crippen LogP contribution in [0.4, 0.5) is 0 Å². The lowest BCUT2D eigenvalue weighted by molar-refractivity contribution is -0.167. The van der Waals surface area contributed by atoms with Gasteiger partial charge in [0.05, 0.1) is 0 Å². The van der Waals surface area contributed by atoms with Gasteiger partial charge in [-0.15, -0.1) is 0 Å². The van der Waals surface area contributed by atoms with Crippen molar-refractivity contribution in [1.29, 1.82) is 0 Å². The normalized spacial score (nSPS) is 12.1. The van der Waals surface area contributed by atoms with Crippen LogP contribution in [-0.2, 0) is 28.6 Å². The van der Waals surface area contributed by atoms with Crippen LogP contribution in [-0.4, -0.2) is 37.2 Å². The molecule has 0 saturated carbocycles. The first kappa shape index (κ1) is 55.4. The number of hydrogen-bond acceptors (Lipinski definition) is 6. The molecule has 0 unspecified atom stereocenters. The Morgan fingerprint density at radius 2 is 0.579 bits per heavy atom. The zero-order valence-electron chi connectivity index (χ0n) is 39.0. The van der Waals surface area contributed by atoms with Crippen molar-refractivity contribution >= 4 is 17.9 Å². The lowest BCUT2D eigenvalue weighted by Crippen LogP contribution is -2.30. The largest absolute Gasteiger partial charge is 0.462 e. The fourth-order valence-electron chi connectivity index (χ4n) is 7.64. The van der Waals surface area contributed by atoms with Gasteiger partial charge in [-0.2, -0.15) is 0 Å². The predicted molar refractivity (Wildman–Crippen MR) is 243 cm³/mol. The average molecular weight is 807 g/mol. The molecule has 57 heavy (non-hydrogen) atoms. The summed E-state index contributed by atoms with van der Waals surface area (Å²) in [5.74, 6) is 0.715. The summed E-state index contributed by atoms with van der Waals surface area (Å²) >= 11 is 0. The molecule has 0 spiro atoms. The van der Waals surface area contributed by atoms with Crippen LogP contribution in [0.5, 0.6) is 0 Å². The zero-order valence-corrected chi connectivity index (χ0v) is 39.0. The molecule has 0 aromatic heterocycles. The molecule has 0 fully saturated rings. The number of carbonyl (C=O) groups is 3. The molecule has 0 heterocycles. The van der Waals surface area contributed by atoms with Crippen molar-refractivity contribution in [3.05, 3.63) is 0 Å². The van der Waals surface area contributed by atoms with E-state index in [1.54, 1.807) is 0 Å². The first-order valence-corrected chi connectivity index (χ1v) is 25.2. The summed E-state index contributed by atoms with van der Waals surface area (Å²) in [7, 11) is 0. The number of ether oxygens (including phenoxy) is 3. The maximum Gasteiger partial charge on any atom is 0.306 e. The summed E-state index contributed by atoms with van der Waals surface area (Å²) in [6.45, 7) is 11.3. The highest BCUT2D eigenvalue weighted by atomic mass is 16.6. The summed E-state index contributed by atoms with van der Waals surface area (Å²) in [6, 6.07) is 0. The number of carbonyl (C=O) groups excluding carboxylic acids is 3.